The van der Waals surface area contributed by atoms with Crippen molar-refractivity contribution >= 4 is 32.8 Å². The Kier molecular flexibility index (Phi) is 6.22. The van der Waals surface area contributed by atoms with Crippen molar-refractivity contribution in [3.05, 3.63) is 45.3 Å². The molecule has 1 aromatic carbocycles. The Labute approximate surface area is 164 Å². The highest BCUT2D eigenvalue weighted by atomic mass is 35.5. The number of hydrogen-bond donors (Lipinski definition) is 1. The Morgan fingerprint density at radius 2 is 2.15 bits per heavy atom. The first-order chi connectivity index (χ1) is 12.8. The van der Waals surface area contributed by atoms with Crippen LogP contribution in [0.1, 0.15) is 18.4 Å². The van der Waals surface area contributed by atoms with Gasteiger partial charge in [-0.3, -0.25) is 9.69 Å². The minimum absolute atomic E-state index is 0.0748. The molecule has 1 aliphatic heterocycles. The number of rotatable bonds is 6. The van der Waals surface area contributed by atoms with Gasteiger partial charge in [-0.15, -0.1) is 0 Å². The Balaban J connectivity index is 1.68. The van der Waals surface area contributed by atoms with Gasteiger partial charge >= 0.3 is 0 Å². The predicted molar refractivity (Wildman–Crippen MR) is 106 cm³/mol. The van der Waals surface area contributed by atoms with Crippen molar-refractivity contribution in [2.75, 3.05) is 33.7 Å². The van der Waals surface area contributed by atoms with Gasteiger partial charge in [-0.25, -0.2) is 4.72 Å². The molecule has 1 atom stereocenters. The molecule has 0 saturated carbocycles. The van der Waals surface area contributed by atoms with Crippen LogP contribution in [0.5, 0.6) is 0 Å². The lowest BCUT2D eigenvalue weighted by molar-refractivity contribution is 0.167. The lowest BCUT2D eigenvalue weighted by atomic mass is 9.98. The summed E-state index contributed by atoms with van der Waals surface area (Å²) >= 11 is 6.00. The van der Waals surface area contributed by atoms with E-state index in [0.29, 0.717) is 34.6 Å². The van der Waals surface area contributed by atoms with E-state index in [2.05, 4.69) is 9.62 Å². The molecule has 2 aromatic rings. The van der Waals surface area contributed by atoms with Gasteiger partial charge < -0.3 is 4.42 Å². The quantitative estimate of drug-likeness (QED) is 0.783. The highest BCUT2D eigenvalue weighted by Crippen LogP contribution is 2.20. The van der Waals surface area contributed by atoms with E-state index in [1.54, 1.807) is 18.2 Å². The lowest BCUT2D eigenvalue weighted by Gasteiger charge is -2.32. The molecular weight excluding hydrogens is 390 g/mol. The maximum absolute atomic E-state index is 12.7. The van der Waals surface area contributed by atoms with Crippen LogP contribution >= 0.6 is 11.6 Å². The molecule has 1 fully saturated rings. The van der Waals surface area contributed by atoms with Gasteiger partial charge in [0.25, 0.3) is 10.2 Å². The Morgan fingerprint density at radius 1 is 1.37 bits per heavy atom. The summed E-state index contributed by atoms with van der Waals surface area (Å²) in [7, 11) is -0.420. The third-order valence-electron chi connectivity index (χ3n) is 4.84. The molecule has 0 unspecified atom stereocenters. The summed E-state index contributed by atoms with van der Waals surface area (Å²) in [4.78, 5) is 14.9. The molecule has 0 aliphatic carbocycles. The van der Waals surface area contributed by atoms with Crippen LogP contribution in [0.15, 0.2) is 33.7 Å². The second kappa shape index (κ2) is 8.28. The van der Waals surface area contributed by atoms with Crippen LogP contribution in [0.2, 0.25) is 5.02 Å². The topological polar surface area (TPSA) is 82.9 Å². The van der Waals surface area contributed by atoms with Crippen LogP contribution < -0.4 is 10.2 Å². The summed E-state index contributed by atoms with van der Waals surface area (Å²) in [6, 6.07) is 5.01. The molecule has 27 heavy (non-hydrogen) atoms. The minimum atomic E-state index is -3.42. The molecule has 3 rings (SSSR count). The van der Waals surface area contributed by atoms with E-state index < -0.39 is 10.2 Å². The average Bonchev–Trinajstić information content (AvgIpc) is 2.63. The van der Waals surface area contributed by atoms with Crippen molar-refractivity contribution in [1.82, 2.24) is 13.9 Å². The number of nitrogens with one attached hydrogen (secondary N) is 1. The molecule has 1 aromatic heterocycles. The first kappa shape index (κ1) is 20.3. The minimum Gasteiger partial charge on any atom is -0.464 e. The van der Waals surface area contributed by atoms with Crippen molar-refractivity contribution in [3.8, 4) is 0 Å². The van der Waals surface area contributed by atoms with Crippen molar-refractivity contribution in [2.45, 2.75) is 19.4 Å². The molecule has 1 aliphatic rings. The van der Waals surface area contributed by atoms with Gasteiger partial charge in [0.2, 0.25) is 0 Å². The molecule has 0 amide bonds. The summed E-state index contributed by atoms with van der Waals surface area (Å²) < 4.78 is 33.1. The Bertz CT molecular complexity index is 974. The van der Waals surface area contributed by atoms with Crippen LogP contribution in [0.3, 0.4) is 0 Å². The second-order valence-electron chi connectivity index (χ2n) is 7.11. The van der Waals surface area contributed by atoms with Gasteiger partial charge in [-0.05, 0) is 43.5 Å². The van der Waals surface area contributed by atoms with Gasteiger partial charge in [-0.2, -0.15) is 12.7 Å². The normalized spacial score (nSPS) is 19.0. The van der Waals surface area contributed by atoms with Gasteiger partial charge in [-0.1, -0.05) is 11.6 Å². The van der Waals surface area contributed by atoms with E-state index in [4.69, 9.17) is 16.0 Å². The summed E-state index contributed by atoms with van der Waals surface area (Å²) in [5.41, 5.74) is 1.02. The molecule has 9 heteroatoms. The summed E-state index contributed by atoms with van der Waals surface area (Å²) in [5, 5.41) is 0.977. The zero-order valence-corrected chi connectivity index (χ0v) is 17.0. The molecule has 0 bridgehead atoms. The maximum Gasteiger partial charge on any atom is 0.278 e. The number of nitrogens with zero attached hydrogens (tertiary/aromatic N) is 2. The number of likely N-dealkylation sites (tertiary alicyclic amines) is 1. The van der Waals surface area contributed by atoms with Gasteiger partial charge in [0.1, 0.15) is 5.58 Å². The second-order valence-corrected chi connectivity index (χ2v) is 9.52. The third-order valence-corrected chi connectivity index (χ3v) is 6.57. The van der Waals surface area contributed by atoms with E-state index in [1.807, 2.05) is 0 Å². The summed E-state index contributed by atoms with van der Waals surface area (Å²) in [6.07, 6.45) is 3.42. The monoisotopic (exact) mass is 413 g/mol. The van der Waals surface area contributed by atoms with E-state index in [1.165, 1.54) is 24.7 Å². The number of piperidine rings is 1. The SMILES string of the molecule is CN(C)S(=O)(=O)NC[C@@H]1CCCN(Cc2coc3ccc(Cl)cc3c2=O)C1. The van der Waals surface area contributed by atoms with Crippen LogP contribution in [0.25, 0.3) is 11.0 Å². The molecular formula is C18H24ClN3O4S. The van der Waals surface area contributed by atoms with E-state index in [0.717, 1.165) is 25.9 Å². The number of benzene rings is 1. The molecule has 1 N–H and O–H groups in total. The number of fused-ring (bicyclic) bond motifs is 1. The van der Waals surface area contributed by atoms with Crippen LogP contribution in [0, 0.1) is 5.92 Å². The van der Waals surface area contributed by atoms with Gasteiger partial charge in [0, 0.05) is 44.3 Å². The largest absolute Gasteiger partial charge is 0.464 e. The zero-order valence-electron chi connectivity index (χ0n) is 15.4. The standard InChI is InChI=1S/C18H24ClN3O4S/c1-21(2)27(24,25)20-9-13-4-3-7-22(10-13)11-14-12-26-17-6-5-15(19)8-16(17)18(14)23/h5-6,8,12-13,20H,3-4,7,9-11H2,1-2H3/t13-/m0/s1. The average molecular weight is 414 g/mol. The predicted octanol–water partition coefficient (Wildman–Crippen LogP) is 2.05. The van der Waals surface area contributed by atoms with Gasteiger partial charge in [0.05, 0.1) is 11.6 Å². The van der Waals surface area contributed by atoms with Gasteiger partial charge in [0.15, 0.2) is 5.43 Å². The molecule has 0 spiro atoms. The first-order valence-electron chi connectivity index (χ1n) is 8.85. The molecule has 7 nitrogen and oxygen atoms in total. The fourth-order valence-electron chi connectivity index (χ4n) is 3.31. The number of halogens is 1. The van der Waals surface area contributed by atoms with Crippen LogP contribution in [-0.2, 0) is 16.8 Å². The Morgan fingerprint density at radius 3 is 2.89 bits per heavy atom. The molecule has 2 heterocycles. The Hall–Kier alpha value is -1.45. The molecule has 1 saturated heterocycles. The van der Waals surface area contributed by atoms with Crippen molar-refractivity contribution in [3.63, 3.8) is 0 Å². The van der Waals surface area contributed by atoms with E-state index >= 15 is 0 Å². The van der Waals surface area contributed by atoms with Crippen molar-refractivity contribution < 1.29 is 12.8 Å². The van der Waals surface area contributed by atoms with Crippen molar-refractivity contribution in [1.29, 1.82) is 0 Å². The zero-order chi connectivity index (χ0) is 19.6. The smallest absolute Gasteiger partial charge is 0.278 e. The number of hydrogen-bond acceptors (Lipinski definition) is 5. The van der Waals surface area contributed by atoms with Crippen LogP contribution in [-0.4, -0.2) is 51.4 Å². The van der Waals surface area contributed by atoms with E-state index in [9.17, 15) is 13.2 Å². The fraction of sp³-hybridized carbons (Fsp3) is 0.500. The summed E-state index contributed by atoms with van der Waals surface area (Å²) in [6.45, 7) is 2.45. The maximum atomic E-state index is 12.7. The fourth-order valence-corrected chi connectivity index (χ4v) is 4.18. The lowest BCUT2D eigenvalue weighted by Crippen LogP contribution is -2.43. The highest BCUT2D eigenvalue weighted by molar-refractivity contribution is 7.87. The van der Waals surface area contributed by atoms with Crippen LogP contribution in [0.4, 0.5) is 0 Å². The molecule has 0 radical (unpaired) electrons. The van der Waals surface area contributed by atoms with Crippen molar-refractivity contribution in [2.24, 2.45) is 5.92 Å². The third kappa shape index (κ3) is 4.89. The first-order valence-corrected chi connectivity index (χ1v) is 10.7. The summed E-state index contributed by atoms with van der Waals surface area (Å²) in [5.74, 6) is 0.204. The molecule has 148 valence electrons. The highest BCUT2D eigenvalue weighted by Gasteiger charge is 2.23. The van der Waals surface area contributed by atoms with E-state index in [-0.39, 0.29) is 11.3 Å².